The maximum atomic E-state index is 11.1. The van der Waals surface area contributed by atoms with E-state index >= 15 is 0 Å². The van der Waals surface area contributed by atoms with E-state index in [9.17, 15) is 13.5 Å². The van der Waals surface area contributed by atoms with Crippen molar-refractivity contribution in [3.05, 3.63) is 23.8 Å². The van der Waals surface area contributed by atoms with Crippen molar-refractivity contribution >= 4 is 21.6 Å². The molecule has 1 atom stereocenters. The van der Waals surface area contributed by atoms with E-state index in [2.05, 4.69) is 0 Å². The van der Waals surface area contributed by atoms with Crippen LogP contribution in [0, 0.1) is 0 Å². The molecule has 0 spiro atoms. The number of aliphatic hydroxyl groups excluding tert-OH is 1. The van der Waals surface area contributed by atoms with Crippen molar-refractivity contribution in [2.24, 2.45) is 0 Å². The number of rotatable bonds is 6. The van der Waals surface area contributed by atoms with E-state index in [4.69, 9.17) is 4.74 Å². The van der Waals surface area contributed by atoms with Gasteiger partial charge in [-0.3, -0.25) is 0 Å². The Morgan fingerprint density at radius 1 is 1.44 bits per heavy atom. The average molecular weight is 290 g/mol. The molecule has 0 aliphatic heterocycles. The number of thioether (sulfide) groups is 1. The minimum Gasteiger partial charge on any atom is -0.496 e. The fourth-order valence-electron chi connectivity index (χ4n) is 1.54. The van der Waals surface area contributed by atoms with Gasteiger partial charge in [0, 0.05) is 22.5 Å². The zero-order chi connectivity index (χ0) is 13.8. The number of hydrogen-bond acceptors (Lipinski definition) is 5. The van der Waals surface area contributed by atoms with Crippen LogP contribution in [0.4, 0.5) is 0 Å². The summed E-state index contributed by atoms with van der Waals surface area (Å²) in [4.78, 5) is 0.855. The fraction of sp³-hybridized carbons (Fsp3) is 0.500. The van der Waals surface area contributed by atoms with E-state index in [0.717, 1.165) is 4.90 Å². The lowest BCUT2D eigenvalue weighted by Crippen LogP contribution is -2.06. The Morgan fingerprint density at radius 2 is 2.11 bits per heavy atom. The second-order valence-corrected chi connectivity index (χ2v) is 7.42. The van der Waals surface area contributed by atoms with Gasteiger partial charge in [0.25, 0.3) is 0 Å². The predicted octanol–water partition coefficient (Wildman–Crippen LogP) is 1.89. The first-order chi connectivity index (χ1) is 8.35. The zero-order valence-electron chi connectivity index (χ0n) is 10.7. The van der Waals surface area contributed by atoms with Crippen LogP contribution in [-0.2, 0) is 9.84 Å². The van der Waals surface area contributed by atoms with Crippen LogP contribution in [0.15, 0.2) is 23.1 Å². The van der Waals surface area contributed by atoms with Gasteiger partial charge in [-0.1, -0.05) is 6.07 Å². The number of benzene rings is 1. The fourth-order valence-corrected chi connectivity index (χ4v) is 3.91. The van der Waals surface area contributed by atoms with Gasteiger partial charge >= 0.3 is 0 Å². The standard InChI is InChI=1S/C12H18O4S2/c1-9(13)12-10(16-2)5-4-6-11(12)17-7-8-18(3,14)15/h4-6,9,13H,7-8H2,1-3H3/t9-/m0/s1. The number of aliphatic hydroxyl groups is 1. The maximum Gasteiger partial charge on any atom is 0.148 e. The molecule has 1 aromatic carbocycles. The molecule has 0 heterocycles. The second-order valence-electron chi connectivity index (χ2n) is 4.03. The van der Waals surface area contributed by atoms with Crippen LogP contribution in [0.25, 0.3) is 0 Å². The van der Waals surface area contributed by atoms with Crippen LogP contribution in [-0.4, -0.2) is 38.4 Å². The van der Waals surface area contributed by atoms with Crippen LogP contribution < -0.4 is 4.74 Å². The summed E-state index contributed by atoms with van der Waals surface area (Å²) in [5, 5.41) is 9.76. The molecular weight excluding hydrogens is 272 g/mol. The Hall–Kier alpha value is -0.720. The average Bonchev–Trinajstić information content (AvgIpc) is 2.26. The first-order valence-electron chi connectivity index (χ1n) is 5.50. The van der Waals surface area contributed by atoms with Crippen LogP contribution in [0.1, 0.15) is 18.6 Å². The van der Waals surface area contributed by atoms with Gasteiger partial charge in [-0.15, -0.1) is 11.8 Å². The Morgan fingerprint density at radius 3 is 2.61 bits per heavy atom. The summed E-state index contributed by atoms with van der Waals surface area (Å²) < 4.78 is 27.4. The molecule has 0 amide bonds. The van der Waals surface area contributed by atoms with Gasteiger partial charge < -0.3 is 9.84 Å². The summed E-state index contributed by atoms with van der Waals surface area (Å²) in [6.45, 7) is 1.67. The van der Waals surface area contributed by atoms with Crippen molar-refractivity contribution in [1.29, 1.82) is 0 Å². The lowest BCUT2D eigenvalue weighted by molar-refractivity contribution is 0.191. The Labute approximate surface area is 112 Å². The van der Waals surface area contributed by atoms with Crippen molar-refractivity contribution in [2.45, 2.75) is 17.9 Å². The van der Waals surface area contributed by atoms with E-state index in [-0.39, 0.29) is 5.75 Å². The van der Waals surface area contributed by atoms with Gasteiger partial charge in [-0.2, -0.15) is 0 Å². The molecule has 0 unspecified atom stereocenters. The summed E-state index contributed by atoms with van der Waals surface area (Å²) in [7, 11) is -1.41. The molecule has 0 saturated heterocycles. The zero-order valence-corrected chi connectivity index (χ0v) is 12.3. The highest BCUT2D eigenvalue weighted by molar-refractivity contribution is 8.00. The summed E-state index contributed by atoms with van der Waals surface area (Å²) in [6.07, 6.45) is 0.566. The predicted molar refractivity (Wildman–Crippen MR) is 74.1 cm³/mol. The molecule has 0 radical (unpaired) electrons. The van der Waals surface area contributed by atoms with E-state index < -0.39 is 15.9 Å². The molecule has 0 aliphatic carbocycles. The third kappa shape index (κ3) is 4.51. The number of hydrogen-bond donors (Lipinski definition) is 1. The number of ether oxygens (including phenoxy) is 1. The van der Waals surface area contributed by atoms with Crippen molar-refractivity contribution in [3.8, 4) is 5.75 Å². The molecule has 18 heavy (non-hydrogen) atoms. The quantitative estimate of drug-likeness (QED) is 0.811. The normalized spacial score (nSPS) is 13.3. The van der Waals surface area contributed by atoms with Crippen molar-refractivity contribution in [3.63, 3.8) is 0 Å². The molecule has 102 valence electrons. The van der Waals surface area contributed by atoms with Crippen molar-refractivity contribution in [2.75, 3.05) is 24.9 Å². The van der Waals surface area contributed by atoms with Gasteiger partial charge in [0.05, 0.1) is 19.0 Å². The molecular formula is C12H18O4S2. The van der Waals surface area contributed by atoms with Crippen LogP contribution in [0.5, 0.6) is 5.75 Å². The first-order valence-corrected chi connectivity index (χ1v) is 8.55. The second kappa shape index (κ2) is 6.45. The first kappa shape index (κ1) is 15.3. The minimum atomic E-state index is -2.96. The maximum absolute atomic E-state index is 11.1. The van der Waals surface area contributed by atoms with Crippen LogP contribution in [0.2, 0.25) is 0 Å². The molecule has 0 aliphatic rings. The third-order valence-corrected chi connectivity index (χ3v) is 4.65. The smallest absolute Gasteiger partial charge is 0.148 e. The van der Waals surface area contributed by atoms with E-state index in [1.807, 2.05) is 12.1 Å². The molecule has 4 nitrogen and oxygen atoms in total. The monoisotopic (exact) mass is 290 g/mol. The highest BCUT2D eigenvalue weighted by Gasteiger charge is 2.14. The number of methoxy groups -OCH3 is 1. The Balaban J connectivity index is 2.88. The molecule has 1 rings (SSSR count). The Bertz CT molecular complexity index is 495. The van der Waals surface area contributed by atoms with Crippen molar-refractivity contribution < 1.29 is 18.3 Å². The SMILES string of the molecule is COc1cccc(SCCS(C)(=O)=O)c1[C@H](C)O. The lowest BCUT2D eigenvalue weighted by Gasteiger charge is -2.15. The topological polar surface area (TPSA) is 63.6 Å². The summed E-state index contributed by atoms with van der Waals surface area (Å²) >= 11 is 1.41. The van der Waals surface area contributed by atoms with Gasteiger partial charge in [-0.05, 0) is 19.1 Å². The van der Waals surface area contributed by atoms with Gasteiger partial charge in [0.1, 0.15) is 15.6 Å². The highest BCUT2D eigenvalue weighted by atomic mass is 32.2. The summed E-state index contributed by atoms with van der Waals surface area (Å²) in [5.41, 5.74) is 0.707. The van der Waals surface area contributed by atoms with Crippen LogP contribution >= 0.6 is 11.8 Å². The Kier molecular flexibility index (Phi) is 5.49. The molecule has 1 aromatic rings. The third-order valence-electron chi connectivity index (χ3n) is 2.38. The van der Waals surface area contributed by atoms with E-state index in [1.165, 1.54) is 18.0 Å². The molecule has 0 fully saturated rings. The van der Waals surface area contributed by atoms with Crippen molar-refractivity contribution in [1.82, 2.24) is 0 Å². The number of sulfone groups is 1. The van der Waals surface area contributed by atoms with E-state index in [0.29, 0.717) is 17.1 Å². The minimum absolute atomic E-state index is 0.119. The van der Waals surface area contributed by atoms with Gasteiger partial charge in [0.2, 0.25) is 0 Å². The molecule has 6 heteroatoms. The molecule has 1 N–H and O–H groups in total. The van der Waals surface area contributed by atoms with Crippen LogP contribution in [0.3, 0.4) is 0 Å². The summed E-state index contributed by atoms with van der Waals surface area (Å²) in [6, 6.07) is 5.47. The van der Waals surface area contributed by atoms with E-state index in [1.54, 1.807) is 20.1 Å². The summed E-state index contributed by atoms with van der Waals surface area (Å²) in [5.74, 6) is 1.20. The van der Waals surface area contributed by atoms with Gasteiger partial charge in [-0.25, -0.2) is 8.42 Å². The molecule has 0 bridgehead atoms. The lowest BCUT2D eigenvalue weighted by atomic mass is 10.1. The molecule has 0 saturated carbocycles. The molecule has 0 aromatic heterocycles. The largest absolute Gasteiger partial charge is 0.496 e. The highest BCUT2D eigenvalue weighted by Crippen LogP contribution is 2.34. The van der Waals surface area contributed by atoms with Gasteiger partial charge in [0.15, 0.2) is 0 Å².